The van der Waals surface area contributed by atoms with E-state index < -0.39 is 0 Å². The summed E-state index contributed by atoms with van der Waals surface area (Å²) in [6.07, 6.45) is 2.89. The van der Waals surface area contributed by atoms with Gasteiger partial charge in [0, 0.05) is 12.0 Å². The summed E-state index contributed by atoms with van der Waals surface area (Å²) in [6, 6.07) is 8.53. The van der Waals surface area contributed by atoms with Crippen molar-refractivity contribution in [3.63, 3.8) is 0 Å². The number of nitrogens with zero attached hydrogens (tertiary/aromatic N) is 1. The van der Waals surface area contributed by atoms with Crippen LogP contribution in [0.4, 0.5) is 0 Å². The molecule has 2 aliphatic rings. The maximum absolute atomic E-state index is 11.7. The van der Waals surface area contributed by atoms with E-state index in [1.165, 1.54) is 16.8 Å². The van der Waals surface area contributed by atoms with E-state index in [-0.39, 0.29) is 17.9 Å². The van der Waals surface area contributed by atoms with E-state index in [2.05, 4.69) is 35.9 Å². The normalized spacial score (nSPS) is 28.3. The summed E-state index contributed by atoms with van der Waals surface area (Å²) in [5.41, 5.74) is 4.04. The number of fused-ring (bicyclic) bond motifs is 1. The van der Waals surface area contributed by atoms with E-state index in [4.69, 9.17) is 4.74 Å². The Balaban J connectivity index is 1.98. The first-order valence-corrected chi connectivity index (χ1v) is 6.97. The predicted molar refractivity (Wildman–Crippen MR) is 73.6 cm³/mol. The number of hydrogen-bond donors (Lipinski definition) is 0. The molecule has 1 aromatic carbocycles. The first kappa shape index (κ1) is 12.5. The van der Waals surface area contributed by atoms with Gasteiger partial charge in [0.15, 0.2) is 5.71 Å². The van der Waals surface area contributed by atoms with Crippen LogP contribution in [0, 0.1) is 5.92 Å². The molecule has 1 fully saturated rings. The topological polar surface area (TPSA) is 29.3 Å². The number of hydrogen-bond acceptors (Lipinski definition) is 2. The molecular weight excluding hydrogens is 238 g/mol. The smallest absolute Gasteiger partial charge is 0.267 e. The van der Waals surface area contributed by atoms with Crippen molar-refractivity contribution >= 4 is 11.5 Å². The van der Waals surface area contributed by atoms with Crippen molar-refractivity contribution in [1.82, 2.24) is 0 Å². The monoisotopic (exact) mass is 258 g/mol. The lowest BCUT2D eigenvalue weighted by Crippen LogP contribution is -2.35. The SMILES string of the molecule is CC(=O)C1CCOC1[N+](C)=C1CCc2ccccc21. The van der Waals surface area contributed by atoms with Gasteiger partial charge in [-0.1, -0.05) is 18.2 Å². The molecule has 0 spiro atoms. The second-order valence-corrected chi connectivity index (χ2v) is 5.48. The van der Waals surface area contributed by atoms with Crippen molar-refractivity contribution in [3.05, 3.63) is 35.4 Å². The molecule has 0 saturated carbocycles. The molecule has 3 rings (SSSR count). The second-order valence-electron chi connectivity index (χ2n) is 5.48. The molecule has 1 saturated heterocycles. The number of carbonyl (C=O) groups is 1. The van der Waals surface area contributed by atoms with Crippen LogP contribution in [0.2, 0.25) is 0 Å². The highest BCUT2D eigenvalue weighted by atomic mass is 16.5. The van der Waals surface area contributed by atoms with E-state index >= 15 is 0 Å². The molecule has 2 atom stereocenters. The van der Waals surface area contributed by atoms with Gasteiger partial charge in [-0.2, -0.15) is 0 Å². The Hall–Kier alpha value is -1.48. The third-order valence-electron chi connectivity index (χ3n) is 4.35. The number of Topliss-reactive ketones (excluding diaryl/α,β-unsaturated/α-hetero) is 1. The molecule has 0 amide bonds. The van der Waals surface area contributed by atoms with Crippen molar-refractivity contribution in [2.75, 3.05) is 13.7 Å². The Morgan fingerprint density at radius 1 is 1.32 bits per heavy atom. The quantitative estimate of drug-likeness (QED) is 0.759. The molecule has 1 aliphatic heterocycles. The Labute approximate surface area is 113 Å². The fraction of sp³-hybridized carbons (Fsp3) is 0.500. The van der Waals surface area contributed by atoms with Crippen LogP contribution in [-0.2, 0) is 16.0 Å². The summed E-state index contributed by atoms with van der Waals surface area (Å²) in [4.78, 5) is 11.7. The van der Waals surface area contributed by atoms with Crippen LogP contribution >= 0.6 is 0 Å². The third-order valence-corrected chi connectivity index (χ3v) is 4.35. The Morgan fingerprint density at radius 3 is 2.89 bits per heavy atom. The predicted octanol–water partition coefficient (Wildman–Crippen LogP) is 2.02. The van der Waals surface area contributed by atoms with Gasteiger partial charge < -0.3 is 4.74 Å². The van der Waals surface area contributed by atoms with Crippen LogP contribution in [0.3, 0.4) is 0 Å². The molecule has 100 valence electrons. The lowest BCUT2D eigenvalue weighted by atomic mass is 10.0. The van der Waals surface area contributed by atoms with E-state index in [0.29, 0.717) is 6.61 Å². The maximum Gasteiger partial charge on any atom is 0.267 e. The maximum atomic E-state index is 11.7. The van der Waals surface area contributed by atoms with Crippen LogP contribution in [0.5, 0.6) is 0 Å². The van der Waals surface area contributed by atoms with Gasteiger partial charge >= 0.3 is 0 Å². The first-order valence-electron chi connectivity index (χ1n) is 6.97. The molecule has 0 N–H and O–H groups in total. The van der Waals surface area contributed by atoms with Crippen LogP contribution in [0.1, 0.15) is 30.9 Å². The number of benzene rings is 1. The molecular formula is C16H20NO2+. The molecule has 1 heterocycles. The molecule has 2 unspecified atom stereocenters. The summed E-state index contributed by atoms with van der Waals surface area (Å²) in [5, 5.41) is 0. The van der Waals surface area contributed by atoms with Crippen molar-refractivity contribution in [2.24, 2.45) is 5.92 Å². The van der Waals surface area contributed by atoms with Crippen LogP contribution < -0.4 is 0 Å². The van der Waals surface area contributed by atoms with Crippen molar-refractivity contribution in [3.8, 4) is 0 Å². The molecule has 0 radical (unpaired) electrons. The summed E-state index contributed by atoms with van der Waals surface area (Å²) in [5.74, 6) is 0.256. The van der Waals surface area contributed by atoms with E-state index in [0.717, 1.165) is 19.3 Å². The van der Waals surface area contributed by atoms with Crippen molar-refractivity contribution in [2.45, 2.75) is 32.4 Å². The zero-order valence-electron chi connectivity index (χ0n) is 11.6. The Kier molecular flexibility index (Phi) is 3.23. The fourth-order valence-corrected chi connectivity index (χ4v) is 3.29. The minimum Gasteiger partial charge on any atom is -0.321 e. The van der Waals surface area contributed by atoms with Gasteiger partial charge in [0.1, 0.15) is 18.7 Å². The number of ether oxygens (including phenoxy) is 1. The summed E-state index contributed by atoms with van der Waals surface area (Å²) >= 11 is 0. The van der Waals surface area contributed by atoms with Gasteiger partial charge in [0.25, 0.3) is 6.23 Å². The molecule has 3 heteroatoms. The lowest BCUT2D eigenvalue weighted by molar-refractivity contribution is -0.588. The number of aryl methyl sites for hydroxylation is 1. The Morgan fingerprint density at radius 2 is 2.11 bits per heavy atom. The van der Waals surface area contributed by atoms with E-state index in [9.17, 15) is 4.79 Å². The van der Waals surface area contributed by atoms with Crippen LogP contribution in [0.15, 0.2) is 24.3 Å². The molecule has 19 heavy (non-hydrogen) atoms. The van der Waals surface area contributed by atoms with Crippen molar-refractivity contribution in [1.29, 1.82) is 0 Å². The molecule has 0 aromatic heterocycles. The average Bonchev–Trinajstić information content (AvgIpc) is 3.05. The summed E-state index contributed by atoms with van der Waals surface area (Å²) < 4.78 is 7.99. The van der Waals surface area contributed by atoms with Gasteiger partial charge in [-0.3, -0.25) is 4.79 Å². The van der Waals surface area contributed by atoms with E-state index in [1.807, 2.05) is 0 Å². The van der Waals surface area contributed by atoms with Gasteiger partial charge in [0.2, 0.25) is 0 Å². The molecule has 3 nitrogen and oxygen atoms in total. The highest BCUT2D eigenvalue weighted by Gasteiger charge is 2.40. The Bertz CT molecular complexity index is 547. The van der Waals surface area contributed by atoms with E-state index in [1.54, 1.807) is 6.92 Å². The third kappa shape index (κ3) is 2.12. The zero-order chi connectivity index (χ0) is 13.4. The minimum absolute atomic E-state index is 0.0188. The van der Waals surface area contributed by atoms with Crippen LogP contribution in [0.25, 0.3) is 0 Å². The van der Waals surface area contributed by atoms with Gasteiger partial charge in [-0.15, -0.1) is 0 Å². The average molecular weight is 258 g/mol. The largest absolute Gasteiger partial charge is 0.321 e. The molecule has 1 aromatic rings. The summed E-state index contributed by atoms with van der Waals surface area (Å²) in [7, 11) is 2.06. The highest BCUT2D eigenvalue weighted by Crippen LogP contribution is 2.26. The fourth-order valence-electron chi connectivity index (χ4n) is 3.29. The standard InChI is InChI=1S/C16H20NO2/c1-11(18)13-9-10-19-16(13)17(2)15-8-7-12-5-3-4-6-14(12)15/h3-6,13,16H,7-10H2,1-2H3/q+1. The first-order chi connectivity index (χ1) is 9.18. The lowest BCUT2D eigenvalue weighted by Gasteiger charge is -2.14. The van der Waals surface area contributed by atoms with Crippen molar-refractivity contribution < 1.29 is 14.1 Å². The molecule has 0 bridgehead atoms. The van der Waals surface area contributed by atoms with Crippen LogP contribution in [-0.4, -0.2) is 36.0 Å². The highest BCUT2D eigenvalue weighted by molar-refractivity contribution is 6.01. The zero-order valence-corrected chi connectivity index (χ0v) is 11.6. The second kappa shape index (κ2) is 4.89. The number of rotatable bonds is 2. The minimum atomic E-state index is -0.0846. The van der Waals surface area contributed by atoms with Gasteiger partial charge in [-0.05, 0) is 31.4 Å². The molecule has 1 aliphatic carbocycles. The summed E-state index contributed by atoms with van der Waals surface area (Å²) in [6.45, 7) is 2.36. The van der Waals surface area contributed by atoms with Gasteiger partial charge in [0.05, 0.1) is 6.61 Å². The number of carbonyl (C=O) groups excluding carboxylic acids is 1. The number of ketones is 1. The van der Waals surface area contributed by atoms with Gasteiger partial charge in [-0.25, -0.2) is 4.58 Å².